The van der Waals surface area contributed by atoms with E-state index in [4.69, 9.17) is 14.1 Å². The molecular weight excluding hydrogens is 280 g/mol. The van der Waals surface area contributed by atoms with E-state index < -0.39 is 0 Å². The summed E-state index contributed by atoms with van der Waals surface area (Å²) in [7, 11) is 0. The lowest BCUT2D eigenvalue weighted by Crippen LogP contribution is -1.99. The minimum Gasteiger partial charge on any atom is -0.494 e. The Hall–Kier alpha value is -2.30. The largest absolute Gasteiger partial charge is 0.494 e. The van der Waals surface area contributed by atoms with Crippen LogP contribution in [0.4, 0.5) is 0 Å². The van der Waals surface area contributed by atoms with Crippen molar-refractivity contribution in [3.8, 4) is 5.75 Å². The Bertz CT molecular complexity index is 576. The van der Waals surface area contributed by atoms with Gasteiger partial charge in [-0.15, -0.1) is 0 Å². The molecule has 22 heavy (non-hydrogen) atoms. The number of rotatable bonds is 9. The Morgan fingerprint density at radius 3 is 2.73 bits per heavy atom. The van der Waals surface area contributed by atoms with Gasteiger partial charge in [-0.2, -0.15) is 0 Å². The molecule has 1 aromatic carbocycles. The van der Waals surface area contributed by atoms with E-state index in [-0.39, 0.29) is 0 Å². The van der Waals surface area contributed by atoms with Gasteiger partial charge in [0.25, 0.3) is 0 Å². The van der Waals surface area contributed by atoms with Gasteiger partial charge in [-0.05, 0) is 49.6 Å². The zero-order valence-corrected chi connectivity index (χ0v) is 13.1. The molecule has 0 aliphatic rings. The van der Waals surface area contributed by atoms with Gasteiger partial charge in [-0.3, -0.25) is 0 Å². The molecule has 5 heteroatoms. The van der Waals surface area contributed by atoms with Crippen molar-refractivity contribution in [1.29, 1.82) is 0 Å². The van der Waals surface area contributed by atoms with Crippen LogP contribution in [0.1, 0.15) is 36.8 Å². The third-order valence-electron chi connectivity index (χ3n) is 2.96. The van der Waals surface area contributed by atoms with Crippen molar-refractivity contribution in [1.82, 2.24) is 5.16 Å². The van der Waals surface area contributed by atoms with Gasteiger partial charge < -0.3 is 14.1 Å². The number of oxime groups is 1. The predicted molar refractivity (Wildman–Crippen MR) is 85.3 cm³/mol. The van der Waals surface area contributed by atoms with E-state index in [2.05, 4.69) is 10.3 Å². The fourth-order valence-electron chi connectivity index (χ4n) is 1.86. The van der Waals surface area contributed by atoms with Crippen LogP contribution in [-0.2, 0) is 11.3 Å². The Morgan fingerprint density at radius 1 is 1.23 bits per heavy atom. The van der Waals surface area contributed by atoms with Gasteiger partial charge in [0.2, 0.25) is 0 Å². The van der Waals surface area contributed by atoms with Crippen LogP contribution >= 0.6 is 0 Å². The highest BCUT2D eigenvalue weighted by molar-refractivity contribution is 5.79. The maximum Gasteiger partial charge on any atom is 0.137 e. The van der Waals surface area contributed by atoms with E-state index in [1.54, 1.807) is 6.21 Å². The second-order valence-corrected chi connectivity index (χ2v) is 5.02. The minimum absolute atomic E-state index is 0.641. The first-order chi connectivity index (χ1) is 10.8. The predicted octanol–water partition coefficient (Wildman–Crippen LogP) is 3.76. The van der Waals surface area contributed by atoms with E-state index in [0.717, 1.165) is 42.0 Å². The number of aromatic nitrogens is 1. The fraction of sp³-hybridized carbons (Fsp3) is 0.412. The molecule has 2 rings (SSSR count). The zero-order valence-electron chi connectivity index (χ0n) is 13.1. The summed E-state index contributed by atoms with van der Waals surface area (Å²) in [5, 5.41) is 7.75. The molecule has 118 valence electrons. The van der Waals surface area contributed by atoms with Crippen molar-refractivity contribution in [2.24, 2.45) is 5.16 Å². The van der Waals surface area contributed by atoms with E-state index in [1.165, 1.54) is 0 Å². The van der Waals surface area contributed by atoms with Crippen LogP contribution in [0.2, 0.25) is 0 Å². The van der Waals surface area contributed by atoms with Crippen LogP contribution in [0, 0.1) is 6.92 Å². The van der Waals surface area contributed by atoms with Crippen LogP contribution in [0.5, 0.6) is 5.75 Å². The Kier molecular flexibility index (Phi) is 6.48. The lowest BCUT2D eigenvalue weighted by Gasteiger charge is -2.05. The quantitative estimate of drug-likeness (QED) is 0.402. The van der Waals surface area contributed by atoms with Crippen molar-refractivity contribution < 1.29 is 14.1 Å². The van der Waals surface area contributed by atoms with Gasteiger partial charge in [0, 0.05) is 12.5 Å². The molecule has 0 saturated heterocycles. The van der Waals surface area contributed by atoms with Crippen molar-refractivity contribution >= 4 is 6.21 Å². The molecule has 0 fully saturated rings. The first-order valence-corrected chi connectivity index (χ1v) is 7.58. The lowest BCUT2D eigenvalue weighted by molar-refractivity contribution is 0.146. The number of benzene rings is 1. The highest BCUT2D eigenvalue weighted by atomic mass is 16.6. The highest BCUT2D eigenvalue weighted by Crippen LogP contribution is 2.12. The minimum atomic E-state index is 0.641. The SMILES string of the molecule is CCCO/N=C/c1ccc(OCCCc2cc(C)no2)cc1. The summed E-state index contributed by atoms with van der Waals surface area (Å²) in [5.41, 5.74) is 1.90. The molecule has 0 radical (unpaired) electrons. The Morgan fingerprint density at radius 2 is 2.05 bits per heavy atom. The first kappa shape index (κ1) is 16.1. The van der Waals surface area contributed by atoms with Crippen molar-refractivity contribution in [3.05, 3.63) is 47.3 Å². The van der Waals surface area contributed by atoms with Crippen LogP contribution in [-0.4, -0.2) is 24.6 Å². The Balaban J connectivity index is 1.68. The molecule has 0 amide bonds. The maximum absolute atomic E-state index is 5.69. The molecule has 1 heterocycles. The summed E-state index contributed by atoms with van der Waals surface area (Å²) < 4.78 is 10.8. The standard InChI is InChI=1S/C17H22N2O3/c1-3-10-21-18-13-15-6-8-16(9-7-15)20-11-4-5-17-12-14(2)19-22-17/h6-9,12-13H,3-5,10-11H2,1-2H3/b18-13+. The third kappa shape index (κ3) is 5.60. The van der Waals surface area contributed by atoms with Crippen molar-refractivity contribution in [2.45, 2.75) is 33.1 Å². The summed E-state index contributed by atoms with van der Waals surface area (Å²) in [5.74, 6) is 1.75. The van der Waals surface area contributed by atoms with E-state index in [9.17, 15) is 0 Å². The second-order valence-electron chi connectivity index (χ2n) is 5.02. The fourth-order valence-corrected chi connectivity index (χ4v) is 1.86. The number of aryl methyl sites for hydroxylation is 2. The maximum atomic E-state index is 5.69. The average Bonchev–Trinajstić information content (AvgIpc) is 2.95. The first-order valence-electron chi connectivity index (χ1n) is 7.58. The van der Waals surface area contributed by atoms with Crippen LogP contribution in [0.15, 0.2) is 40.0 Å². The second kappa shape index (κ2) is 8.87. The van der Waals surface area contributed by atoms with Gasteiger partial charge in [-0.1, -0.05) is 17.2 Å². The smallest absolute Gasteiger partial charge is 0.137 e. The third-order valence-corrected chi connectivity index (χ3v) is 2.96. The van der Waals surface area contributed by atoms with Crippen molar-refractivity contribution in [2.75, 3.05) is 13.2 Å². The molecule has 0 aliphatic carbocycles. The summed E-state index contributed by atoms with van der Waals surface area (Å²) in [6.45, 7) is 5.25. The molecular formula is C17H22N2O3. The van der Waals surface area contributed by atoms with E-state index >= 15 is 0 Å². The molecule has 2 aromatic rings. The molecule has 0 atom stereocenters. The number of hydrogen-bond donors (Lipinski definition) is 0. The number of ether oxygens (including phenoxy) is 1. The normalized spacial score (nSPS) is 11.0. The Labute approximate surface area is 130 Å². The molecule has 1 aromatic heterocycles. The van der Waals surface area contributed by atoms with Gasteiger partial charge in [0.15, 0.2) is 0 Å². The number of nitrogens with zero attached hydrogens (tertiary/aromatic N) is 2. The van der Waals surface area contributed by atoms with Crippen LogP contribution < -0.4 is 4.74 Å². The zero-order chi connectivity index (χ0) is 15.6. The van der Waals surface area contributed by atoms with Crippen LogP contribution in [0.25, 0.3) is 0 Å². The van der Waals surface area contributed by atoms with Gasteiger partial charge in [-0.25, -0.2) is 0 Å². The molecule has 0 aliphatic heterocycles. The van der Waals surface area contributed by atoms with Crippen LogP contribution in [0.3, 0.4) is 0 Å². The molecule has 5 nitrogen and oxygen atoms in total. The van der Waals surface area contributed by atoms with E-state index in [1.807, 2.05) is 44.2 Å². The topological polar surface area (TPSA) is 56.9 Å². The monoisotopic (exact) mass is 302 g/mol. The van der Waals surface area contributed by atoms with Gasteiger partial charge in [0.1, 0.15) is 18.1 Å². The summed E-state index contributed by atoms with van der Waals surface area (Å²) in [6, 6.07) is 9.72. The average molecular weight is 302 g/mol. The van der Waals surface area contributed by atoms with Crippen molar-refractivity contribution in [3.63, 3.8) is 0 Å². The molecule has 0 saturated carbocycles. The van der Waals surface area contributed by atoms with E-state index in [0.29, 0.717) is 13.2 Å². The summed E-state index contributed by atoms with van der Waals surface area (Å²) in [6.07, 6.45) is 4.38. The van der Waals surface area contributed by atoms with Gasteiger partial charge >= 0.3 is 0 Å². The molecule has 0 spiro atoms. The summed E-state index contributed by atoms with van der Waals surface area (Å²) >= 11 is 0. The molecule has 0 bridgehead atoms. The molecule has 0 N–H and O–H groups in total. The molecule has 0 unspecified atom stereocenters. The number of hydrogen-bond acceptors (Lipinski definition) is 5. The highest BCUT2D eigenvalue weighted by Gasteiger charge is 2.01. The lowest BCUT2D eigenvalue weighted by atomic mass is 10.2. The van der Waals surface area contributed by atoms with Gasteiger partial charge in [0.05, 0.1) is 18.5 Å². The summed E-state index contributed by atoms with van der Waals surface area (Å²) in [4.78, 5) is 5.06.